The zero-order valence-electron chi connectivity index (χ0n) is 10.0. The Morgan fingerprint density at radius 1 is 1.47 bits per heavy atom. The number of nitrogens with two attached hydrogens (primary N) is 1. The molecule has 4 nitrogen and oxygen atoms in total. The number of primary amides is 1. The van der Waals surface area contributed by atoms with E-state index in [2.05, 4.69) is 24.1 Å². The largest absolute Gasteiger partial charge is 0.368 e. The van der Waals surface area contributed by atoms with Crippen molar-refractivity contribution in [3.8, 4) is 0 Å². The predicted molar refractivity (Wildman–Crippen MR) is 61.5 cm³/mol. The Morgan fingerprint density at radius 3 is 2.33 bits per heavy atom. The van der Waals surface area contributed by atoms with Crippen molar-refractivity contribution in [3.05, 3.63) is 0 Å². The monoisotopic (exact) mass is 213 g/mol. The van der Waals surface area contributed by atoms with E-state index in [0.717, 1.165) is 32.6 Å². The molecule has 0 aromatic carbocycles. The van der Waals surface area contributed by atoms with E-state index >= 15 is 0 Å². The molecule has 1 amide bonds. The van der Waals surface area contributed by atoms with Crippen molar-refractivity contribution in [2.24, 2.45) is 11.7 Å². The van der Waals surface area contributed by atoms with Gasteiger partial charge in [0.05, 0.1) is 0 Å². The second-order valence-corrected chi connectivity index (χ2v) is 4.53. The van der Waals surface area contributed by atoms with Crippen LogP contribution in [0.15, 0.2) is 0 Å². The van der Waals surface area contributed by atoms with Crippen molar-refractivity contribution in [1.29, 1.82) is 0 Å². The molecule has 1 aliphatic heterocycles. The number of hydrogen-bond acceptors (Lipinski definition) is 3. The number of nitrogens with zero attached hydrogens (tertiary/aromatic N) is 1. The van der Waals surface area contributed by atoms with Gasteiger partial charge in [0.25, 0.3) is 0 Å². The molecule has 0 aromatic rings. The van der Waals surface area contributed by atoms with Crippen LogP contribution in [0.4, 0.5) is 0 Å². The van der Waals surface area contributed by atoms with Crippen LogP contribution in [0.2, 0.25) is 0 Å². The third-order valence-electron chi connectivity index (χ3n) is 3.60. The molecule has 1 aliphatic rings. The Kier molecular flexibility index (Phi) is 4.11. The van der Waals surface area contributed by atoms with Crippen molar-refractivity contribution in [2.45, 2.75) is 32.7 Å². The van der Waals surface area contributed by atoms with Gasteiger partial charge in [-0.2, -0.15) is 0 Å². The molecule has 1 fully saturated rings. The Hall–Kier alpha value is -0.610. The maximum absolute atomic E-state index is 11.8. The van der Waals surface area contributed by atoms with Gasteiger partial charge < -0.3 is 11.1 Å². The molecule has 0 saturated carbocycles. The van der Waals surface area contributed by atoms with E-state index in [1.54, 1.807) is 0 Å². The molecule has 0 radical (unpaired) electrons. The van der Waals surface area contributed by atoms with E-state index in [4.69, 9.17) is 5.73 Å². The van der Waals surface area contributed by atoms with Gasteiger partial charge in [0, 0.05) is 26.2 Å². The van der Waals surface area contributed by atoms with Gasteiger partial charge in [-0.1, -0.05) is 20.8 Å². The van der Waals surface area contributed by atoms with E-state index in [9.17, 15) is 4.79 Å². The zero-order chi connectivity index (χ0) is 11.5. The van der Waals surface area contributed by atoms with Gasteiger partial charge in [-0.05, 0) is 12.3 Å². The highest BCUT2D eigenvalue weighted by molar-refractivity contribution is 5.85. The number of nitrogens with one attached hydrogen (secondary N) is 1. The zero-order valence-corrected chi connectivity index (χ0v) is 10.0. The van der Waals surface area contributed by atoms with Crippen LogP contribution in [0.25, 0.3) is 0 Å². The van der Waals surface area contributed by atoms with Crippen molar-refractivity contribution in [1.82, 2.24) is 10.2 Å². The van der Waals surface area contributed by atoms with Gasteiger partial charge in [0.2, 0.25) is 5.91 Å². The van der Waals surface area contributed by atoms with Crippen LogP contribution >= 0.6 is 0 Å². The summed E-state index contributed by atoms with van der Waals surface area (Å²) in [6.45, 7) is 9.92. The molecule has 0 aliphatic carbocycles. The molecular formula is C11H23N3O. The van der Waals surface area contributed by atoms with Crippen LogP contribution in [-0.4, -0.2) is 42.5 Å². The summed E-state index contributed by atoms with van der Waals surface area (Å²) in [5.41, 5.74) is 5.16. The fourth-order valence-corrected chi connectivity index (χ4v) is 2.68. The second-order valence-electron chi connectivity index (χ2n) is 4.53. The standard InChI is InChI=1S/C11H23N3O/c1-4-11(9(2)3,10(12)15)14-7-5-13-6-8-14/h9,13H,4-8H2,1-3H3,(H2,12,15). The van der Waals surface area contributed by atoms with Crippen LogP contribution in [0, 0.1) is 5.92 Å². The molecule has 1 rings (SSSR count). The minimum absolute atomic E-state index is 0.179. The quantitative estimate of drug-likeness (QED) is 0.700. The average molecular weight is 213 g/mol. The van der Waals surface area contributed by atoms with Gasteiger partial charge in [-0.15, -0.1) is 0 Å². The molecule has 4 heteroatoms. The minimum atomic E-state index is -0.456. The summed E-state index contributed by atoms with van der Waals surface area (Å²) in [5, 5.41) is 3.29. The van der Waals surface area contributed by atoms with Crippen molar-refractivity contribution >= 4 is 5.91 Å². The summed E-state index contributed by atoms with van der Waals surface area (Å²) < 4.78 is 0. The third-order valence-corrected chi connectivity index (χ3v) is 3.60. The number of hydrogen-bond donors (Lipinski definition) is 2. The first-order valence-electron chi connectivity index (χ1n) is 5.81. The average Bonchev–Trinajstić information content (AvgIpc) is 2.20. The maximum atomic E-state index is 11.8. The van der Waals surface area contributed by atoms with E-state index in [1.165, 1.54) is 0 Å². The highest BCUT2D eigenvalue weighted by Crippen LogP contribution is 2.28. The summed E-state index contributed by atoms with van der Waals surface area (Å²) in [5.74, 6) is 0.0833. The molecule has 15 heavy (non-hydrogen) atoms. The molecular weight excluding hydrogens is 190 g/mol. The van der Waals surface area contributed by atoms with Gasteiger partial charge in [-0.3, -0.25) is 9.69 Å². The predicted octanol–water partition coefficient (Wildman–Crippen LogP) is 0.182. The number of piperazine rings is 1. The molecule has 0 aromatic heterocycles. The number of carbonyl (C=O) groups excluding carboxylic acids is 1. The Morgan fingerprint density at radius 2 is 2.00 bits per heavy atom. The van der Waals surface area contributed by atoms with Crippen LogP contribution in [-0.2, 0) is 4.79 Å². The summed E-state index contributed by atoms with van der Waals surface area (Å²) in [7, 11) is 0. The van der Waals surface area contributed by atoms with Gasteiger partial charge in [0.1, 0.15) is 5.54 Å². The smallest absolute Gasteiger partial charge is 0.238 e. The summed E-state index contributed by atoms with van der Waals surface area (Å²) in [4.78, 5) is 14.0. The van der Waals surface area contributed by atoms with E-state index < -0.39 is 5.54 Å². The van der Waals surface area contributed by atoms with Crippen LogP contribution in [0.3, 0.4) is 0 Å². The summed E-state index contributed by atoms with van der Waals surface area (Å²) in [6, 6.07) is 0. The number of carbonyl (C=O) groups is 1. The molecule has 1 atom stereocenters. The first kappa shape index (κ1) is 12.5. The van der Waals surface area contributed by atoms with Gasteiger partial charge in [-0.25, -0.2) is 0 Å². The van der Waals surface area contributed by atoms with E-state index in [-0.39, 0.29) is 11.8 Å². The third kappa shape index (κ3) is 2.16. The summed E-state index contributed by atoms with van der Waals surface area (Å²) >= 11 is 0. The molecule has 0 bridgehead atoms. The summed E-state index contributed by atoms with van der Waals surface area (Å²) in [6.07, 6.45) is 0.792. The molecule has 1 unspecified atom stereocenters. The maximum Gasteiger partial charge on any atom is 0.238 e. The van der Waals surface area contributed by atoms with E-state index in [0.29, 0.717) is 0 Å². The van der Waals surface area contributed by atoms with Crippen LogP contribution in [0.5, 0.6) is 0 Å². The van der Waals surface area contributed by atoms with Crippen molar-refractivity contribution in [3.63, 3.8) is 0 Å². The Labute approximate surface area is 92.2 Å². The molecule has 1 heterocycles. The molecule has 3 N–H and O–H groups in total. The van der Waals surface area contributed by atoms with Gasteiger partial charge >= 0.3 is 0 Å². The van der Waals surface area contributed by atoms with Crippen molar-refractivity contribution < 1.29 is 4.79 Å². The van der Waals surface area contributed by atoms with Crippen LogP contribution < -0.4 is 11.1 Å². The Bertz CT molecular complexity index is 224. The topological polar surface area (TPSA) is 58.4 Å². The lowest BCUT2D eigenvalue weighted by atomic mass is 9.81. The lowest BCUT2D eigenvalue weighted by molar-refractivity contribution is -0.134. The number of amides is 1. The first-order valence-corrected chi connectivity index (χ1v) is 5.81. The highest BCUT2D eigenvalue weighted by atomic mass is 16.1. The lowest BCUT2D eigenvalue weighted by Gasteiger charge is -2.46. The highest BCUT2D eigenvalue weighted by Gasteiger charge is 2.43. The van der Waals surface area contributed by atoms with Gasteiger partial charge in [0.15, 0.2) is 0 Å². The lowest BCUT2D eigenvalue weighted by Crippen LogP contribution is -2.64. The SMILES string of the molecule is CCC(C(N)=O)(C(C)C)N1CCNCC1. The second kappa shape index (κ2) is 4.94. The number of rotatable bonds is 4. The molecule has 0 spiro atoms. The van der Waals surface area contributed by atoms with E-state index in [1.807, 2.05) is 6.92 Å². The van der Waals surface area contributed by atoms with Crippen LogP contribution in [0.1, 0.15) is 27.2 Å². The fourth-order valence-electron chi connectivity index (χ4n) is 2.68. The normalized spacial score (nSPS) is 22.7. The van der Waals surface area contributed by atoms with Crippen molar-refractivity contribution in [2.75, 3.05) is 26.2 Å². The first-order chi connectivity index (χ1) is 7.05. The molecule has 1 saturated heterocycles. The minimum Gasteiger partial charge on any atom is -0.368 e. The fraction of sp³-hybridized carbons (Fsp3) is 0.909. The molecule has 88 valence electrons. The Balaban J connectivity index is 2.91.